The second kappa shape index (κ2) is 14.6. The van der Waals surface area contributed by atoms with Crippen LogP contribution in [0.15, 0.2) is 235 Å². The molecule has 0 fully saturated rings. The summed E-state index contributed by atoms with van der Waals surface area (Å²) >= 11 is 0. The lowest BCUT2D eigenvalue weighted by Gasteiger charge is -2.11. The number of rotatable bonds is 7. The van der Waals surface area contributed by atoms with Crippen LogP contribution in [0.4, 0.5) is 0 Å². The van der Waals surface area contributed by atoms with Crippen LogP contribution in [-0.4, -0.2) is 0 Å². The molecule has 0 aliphatic heterocycles. The van der Waals surface area contributed by atoms with Crippen molar-refractivity contribution in [2.24, 2.45) is 0 Å². The first-order valence-electron chi connectivity index (χ1n) is 20.2. The minimum absolute atomic E-state index is 0.908. The van der Waals surface area contributed by atoms with Gasteiger partial charge in [-0.25, -0.2) is 0 Å². The van der Waals surface area contributed by atoms with Crippen molar-refractivity contribution < 1.29 is 4.42 Å². The smallest absolute Gasteiger partial charge is 0.143 e. The maximum atomic E-state index is 6.85. The molecule has 1 aromatic heterocycles. The van der Waals surface area contributed by atoms with E-state index >= 15 is 0 Å². The number of hydrogen-bond donors (Lipinski definition) is 0. The second-order valence-corrected chi connectivity index (χ2v) is 15.3. The fraction of sp³-hybridized carbons (Fsp3) is 0. The summed E-state index contributed by atoms with van der Waals surface area (Å²) in [5.41, 5.74) is 18.3. The quantitative estimate of drug-likeness (QED) is 0.158. The molecule has 0 amide bonds. The summed E-state index contributed by atoms with van der Waals surface area (Å²) in [6.45, 7) is 0. The minimum Gasteiger partial charge on any atom is -0.455 e. The van der Waals surface area contributed by atoms with Crippen molar-refractivity contribution in [3.63, 3.8) is 0 Å². The highest BCUT2D eigenvalue weighted by Crippen LogP contribution is 2.41. The fourth-order valence-corrected chi connectivity index (χ4v) is 8.69. The molecule has 0 saturated heterocycles. The van der Waals surface area contributed by atoms with Crippen LogP contribution in [-0.2, 0) is 0 Å². The summed E-state index contributed by atoms with van der Waals surface area (Å²) in [6.07, 6.45) is 0. The molecule has 276 valence electrons. The van der Waals surface area contributed by atoms with Crippen LogP contribution in [0.3, 0.4) is 0 Å². The Hall–Kier alpha value is -7.74. The van der Waals surface area contributed by atoms with Gasteiger partial charge in [-0.1, -0.05) is 212 Å². The standard InChI is InChI=1S/C58H38O/c1-2-12-39(13-3-1)45-16-6-17-46(36-45)40-28-32-43(33-29-40)53-24-10-26-55-56-27-11-25-54(58(56)59-57(53)55)44-34-30-41(31-35-44)47-18-7-19-48(37-47)49-20-8-21-50(38-49)52-23-9-15-42-14-4-5-22-51(42)52/h1-38H. The highest BCUT2D eigenvalue weighted by atomic mass is 16.3. The van der Waals surface area contributed by atoms with Gasteiger partial charge in [0.25, 0.3) is 0 Å². The molecule has 1 nitrogen and oxygen atoms in total. The van der Waals surface area contributed by atoms with E-state index in [1.54, 1.807) is 0 Å². The predicted molar refractivity (Wildman–Crippen MR) is 249 cm³/mol. The third-order valence-corrected chi connectivity index (χ3v) is 11.7. The number of fused-ring (bicyclic) bond motifs is 4. The van der Waals surface area contributed by atoms with Crippen molar-refractivity contribution in [2.75, 3.05) is 0 Å². The molecule has 59 heavy (non-hydrogen) atoms. The zero-order valence-corrected chi connectivity index (χ0v) is 32.3. The summed E-state index contributed by atoms with van der Waals surface area (Å²) < 4.78 is 6.85. The first-order chi connectivity index (χ1) is 29.2. The van der Waals surface area contributed by atoms with Crippen LogP contribution < -0.4 is 0 Å². The molecule has 0 aliphatic rings. The van der Waals surface area contributed by atoms with E-state index in [-0.39, 0.29) is 0 Å². The molecule has 0 saturated carbocycles. The second-order valence-electron chi connectivity index (χ2n) is 15.3. The topological polar surface area (TPSA) is 13.1 Å². The molecule has 10 aromatic carbocycles. The molecule has 1 heterocycles. The van der Waals surface area contributed by atoms with Crippen LogP contribution in [0.2, 0.25) is 0 Å². The lowest BCUT2D eigenvalue weighted by molar-refractivity contribution is 0.671. The number of para-hydroxylation sites is 2. The van der Waals surface area contributed by atoms with Crippen LogP contribution >= 0.6 is 0 Å². The van der Waals surface area contributed by atoms with Crippen molar-refractivity contribution in [2.45, 2.75) is 0 Å². The number of hydrogen-bond acceptors (Lipinski definition) is 1. The van der Waals surface area contributed by atoms with E-state index in [4.69, 9.17) is 4.42 Å². The summed E-state index contributed by atoms with van der Waals surface area (Å²) in [7, 11) is 0. The molecule has 0 bridgehead atoms. The normalized spacial score (nSPS) is 11.4. The van der Waals surface area contributed by atoms with Gasteiger partial charge in [-0.3, -0.25) is 0 Å². The average molecular weight is 751 g/mol. The Kier molecular flexibility index (Phi) is 8.56. The van der Waals surface area contributed by atoms with Gasteiger partial charge in [0.2, 0.25) is 0 Å². The van der Waals surface area contributed by atoms with E-state index in [1.807, 2.05) is 0 Å². The Labute approximate surface area is 344 Å². The van der Waals surface area contributed by atoms with Crippen LogP contribution in [0, 0.1) is 0 Å². The van der Waals surface area contributed by atoms with E-state index in [1.165, 1.54) is 66.4 Å². The van der Waals surface area contributed by atoms with Crippen molar-refractivity contribution in [3.8, 4) is 77.9 Å². The number of furan rings is 1. The van der Waals surface area contributed by atoms with Gasteiger partial charge in [0.1, 0.15) is 11.2 Å². The van der Waals surface area contributed by atoms with E-state index < -0.39 is 0 Å². The molecule has 11 aromatic rings. The third-order valence-electron chi connectivity index (χ3n) is 11.7. The summed E-state index contributed by atoms with van der Waals surface area (Å²) in [4.78, 5) is 0. The molecular weight excluding hydrogens is 713 g/mol. The van der Waals surface area contributed by atoms with Crippen LogP contribution in [0.25, 0.3) is 111 Å². The Bertz CT molecular complexity index is 3290. The summed E-state index contributed by atoms with van der Waals surface area (Å²) in [5.74, 6) is 0. The van der Waals surface area contributed by atoms with Crippen molar-refractivity contribution in [1.29, 1.82) is 0 Å². The van der Waals surface area contributed by atoms with E-state index in [2.05, 4.69) is 231 Å². The summed E-state index contributed by atoms with van der Waals surface area (Å²) in [6, 6.07) is 82.9. The van der Waals surface area contributed by atoms with Gasteiger partial charge in [0.05, 0.1) is 0 Å². The Morgan fingerprint density at radius 2 is 0.542 bits per heavy atom. The van der Waals surface area contributed by atoms with Crippen molar-refractivity contribution in [1.82, 2.24) is 0 Å². The van der Waals surface area contributed by atoms with E-state index in [0.29, 0.717) is 0 Å². The van der Waals surface area contributed by atoms with Gasteiger partial charge < -0.3 is 4.42 Å². The maximum absolute atomic E-state index is 6.85. The van der Waals surface area contributed by atoms with Crippen molar-refractivity contribution >= 4 is 32.7 Å². The molecule has 11 rings (SSSR count). The molecule has 0 radical (unpaired) electrons. The maximum Gasteiger partial charge on any atom is 0.143 e. The molecule has 1 heteroatoms. The third kappa shape index (κ3) is 6.40. The predicted octanol–water partition coefficient (Wildman–Crippen LogP) is 16.4. The lowest BCUT2D eigenvalue weighted by atomic mass is 9.93. The van der Waals surface area contributed by atoms with Gasteiger partial charge in [0, 0.05) is 21.9 Å². The average Bonchev–Trinajstić information content (AvgIpc) is 3.71. The van der Waals surface area contributed by atoms with Crippen molar-refractivity contribution in [3.05, 3.63) is 231 Å². The lowest BCUT2D eigenvalue weighted by Crippen LogP contribution is -1.85. The Morgan fingerprint density at radius 3 is 1.10 bits per heavy atom. The first kappa shape index (κ1) is 34.5. The van der Waals surface area contributed by atoms with Gasteiger partial charge in [-0.15, -0.1) is 0 Å². The largest absolute Gasteiger partial charge is 0.455 e. The molecule has 0 unspecified atom stereocenters. The van der Waals surface area contributed by atoms with E-state index in [0.717, 1.165) is 44.2 Å². The molecular formula is C58H38O. The molecule has 0 spiro atoms. The first-order valence-corrected chi connectivity index (χ1v) is 20.2. The minimum atomic E-state index is 0.908. The summed E-state index contributed by atoms with van der Waals surface area (Å²) in [5, 5.41) is 4.77. The van der Waals surface area contributed by atoms with Gasteiger partial charge in [0.15, 0.2) is 0 Å². The molecule has 0 atom stereocenters. The monoisotopic (exact) mass is 750 g/mol. The highest BCUT2D eigenvalue weighted by Gasteiger charge is 2.16. The number of benzene rings is 10. The zero-order valence-electron chi connectivity index (χ0n) is 32.3. The fourth-order valence-electron chi connectivity index (χ4n) is 8.69. The molecule has 0 aliphatic carbocycles. The molecule has 0 N–H and O–H groups in total. The Balaban J connectivity index is 0.888. The zero-order chi connectivity index (χ0) is 39.1. The van der Waals surface area contributed by atoms with Gasteiger partial charge >= 0.3 is 0 Å². The Morgan fingerprint density at radius 1 is 0.203 bits per heavy atom. The van der Waals surface area contributed by atoms with E-state index in [9.17, 15) is 0 Å². The van der Waals surface area contributed by atoms with Gasteiger partial charge in [-0.2, -0.15) is 0 Å². The van der Waals surface area contributed by atoms with Crippen LogP contribution in [0.5, 0.6) is 0 Å². The highest BCUT2D eigenvalue weighted by molar-refractivity contribution is 6.13. The SMILES string of the molecule is c1ccc(-c2cccc(-c3ccc(-c4cccc5c4oc4c(-c6ccc(-c7cccc(-c8cccc(-c9cccc%10ccccc9%10)c8)c7)cc6)cccc45)cc3)c2)cc1. The van der Waals surface area contributed by atoms with Gasteiger partial charge in [-0.05, 0) is 95.7 Å². The van der Waals surface area contributed by atoms with Crippen LogP contribution in [0.1, 0.15) is 0 Å².